The first-order valence-electron chi connectivity index (χ1n) is 6.67. The molecule has 20 heavy (non-hydrogen) atoms. The zero-order valence-corrected chi connectivity index (χ0v) is 12.0. The fourth-order valence-corrected chi connectivity index (χ4v) is 2.63. The number of anilines is 2. The molecule has 1 aromatic rings. The lowest BCUT2D eigenvalue weighted by atomic mass is 10.1. The van der Waals surface area contributed by atoms with Crippen LogP contribution < -0.4 is 10.6 Å². The molecule has 0 bridgehead atoms. The SMILES string of the molecule is Cl.O=C(CN1CCCC1=O)Nc1ccc2c(c1)CCN2. The van der Waals surface area contributed by atoms with Gasteiger partial charge in [0.2, 0.25) is 11.8 Å². The second-order valence-corrected chi connectivity index (χ2v) is 5.02. The summed E-state index contributed by atoms with van der Waals surface area (Å²) in [5.74, 6) is -0.0468. The van der Waals surface area contributed by atoms with Gasteiger partial charge in [0.1, 0.15) is 0 Å². The number of benzene rings is 1. The van der Waals surface area contributed by atoms with Crippen LogP contribution in [-0.4, -0.2) is 36.3 Å². The second kappa shape index (κ2) is 6.13. The summed E-state index contributed by atoms with van der Waals surface area (Å²) in [7, 11) is 0. The second-order valence-electron chi connectivity index (χ2n) is 5.02. The molecule has 2 aliphatic rings. The number of carbonyl (C=O) groups is 2. The zero-order valence-electron chi connectivity index (χ0n) is 11.1. The third-order valence-electron chi connectivity index (χ3n) is 3.60. The standard InChI is InChI=1S/C14H17N3O2.ClH/c18-13(9-17-7-1-2-14(17)19)16-11-3-4-12-10(8-11)5-6-15-12;/h3-4,8,15H,1-2,5-7,9H2,(H,16,18);1H. The first kappa shape index (κ1) is 14.7. The molecule has 0 spiro atoms. The monoisotopic (exact) mass is 295 g/mol. The van der Waals surface area contributed by atoms with Crippen LogP contribution in [0.15, 0.2) is 18.2 Å². The van der Waals surface area contributed by atoms with Crippen LogP contribution in [0, 0.1) is 0 Å². The number of amides is 2. The molecule has 0 aromatic heterocycles. The van der Waals surface area contributed by atoms with Gasteiger partial charge < -0.3 is 15.5 Å². The molecule has 0 radical (unpaired) electrons. The van der Waals surface area contributed by atoms with Crippen LogP contribution in [0.25, 0.3) is 0 Å². The van der Waals surface area contributed by atoms with Crippen LogP contribution in [0.1, 0.15) is 18.4 Å². The van der Waals surface area contributed by atoms with Crippen LogP contribution in [0.2, 0.25) is 0 Å². The van der Waals surface area contributed by atoms with E-state index in [4.69, 9.17) is 0 Å². The topological polar surface area (TPSA) is 61.4 Å². The van der Waals surface area contributed by atoms with Gasteiger partial charge in [-0.05, 0) is 36.6 Å². The van der Waals surface area contributed by atoms with Crippen LogP contribution in [0.5, 0.6) is 0 Å². The smallest absolute Gasteiger partial charge is 0.243 e. The van der Waals surface area contributed by atoms with Gasteiger partial charge in [-0.3, -0.25) is 9.59 Å². The quantitative estimate of drug-likeness (QED) is 0.891. The Balaban J connectivity index is 0.00000147. The predicted octanol–water partition coefficient (Wildman–Crippen LogP) is 1.64. The first-order chi connectivity index (χ1) is 9.22. The lowest BCUT2D eigenvalue weighted by molar-refractivity contribution is -0.131. The number of nitrogens with one attached hydrogen (secondary N) is 2. The molecule has 2 amide bonds. The van der Waals surface area contributed by atoms with Gasteiger partial charge in [0, 0.05) is 30.9 Å². The van der Waals surface area contributed by atoms with Crippen LogP contribution in [-0.2, 0) is 16.0 Å². The van der Waals surface area contributed by atoms with Crippen molar-refractivity contribution in [2.24, 2.45) is 0 Å². The van der Waals surface area contributed by atoms with E-state index in [0.29, 0.717) is 13.0 Å². The molecule has 0 saturated carbocycles. The minimum Gasteiger partial charge on any atom is -0.384 e. The highest BCUT2D eigenvalue weighted by atomic mass is 35.5. The molecule has 0 atom stereocenters. The maximum Gasteiger partial charge on any atom is 0.243 e. The Kier molecular flexibility index (Phi) is 4.49. The van der Waals surface area contributed by atoms with E-state index >= 15 is 0 Å². The molecule has 2 N–H and O–H groups in total. The largest absolute Gasteiger partial charge is 0.384 e. The highest BCUT2D eigenvalue weighted by Gasteiger charge is 2.22. The van der Waals surface area contributed by atoms with Gasteiger partial charge in [-0.1, -0.05) is 0 Å². The third kappa shape index (κ3) is 3.04. The lowest BCUT2D eigenvalue weighted by Crippen LogP contribution is -2.33. The predicted molar refractivity (Wildman–Crippen MR) is 80.3 cm³/mol. The van der Waals surface area contributed by atoms with Gasteiger partial charge in [-0.15, -0.1) is 12.4 Å². The van der Waals surface area contributed by atoms with Gasteiger partial charge in [0.15, 0.2) is 0 Å². The number of halogens is 1. The van der Waals surface area contributed by atoms with Crippen LogP contribution in [0.4, 0.5) is 11.4 Å². The van der Waals surface area contributed by atoms with Crippen molar-refractivity contribution in [2.75, 3.05) is 30.3 Å². The minimum absolute atomic E-state index is 0. The number of hydrogen-bond donors (Lipinski definition) is 2. The van der Waals surface area contributed by atoms with E-state index < -0.39 is 0 Å². The van der Waals surface area contributed by atoms with Crippen molar-refractivity contribution in [2.45, 2.75) is 19.3 Å². The van der Waals surface area contributed by atoms with Crippen LogP contribution >= 0.6 is 12.4 Å². The number of rotatable bonds is 3. The maximum atomic E-state index is 11.9. The van der Waals surface area contributed by atoms with Gasteiger partial charge in [-0.2, -0.15) is 0 Å². The van der Waals surface area contributed by atoms with E-state index in [-0.39, 0.29) is 30.8 Å². The van der Waals surface area contributed by atoms with Crippen molar-refractivity contribution in [1.82, 2.24) is 4.90 Å². The summed E-state index contributed by atoms with van der Waals surface area (Å²) in [6.45, 7) is 1.81. The molecule has 2 aliphatic heterocycles. The molecule has 1 aromatic carbocycles. The first-order valence-corrected chi connectivity index (χ1v) is 6.67. The van der Waals surface area contributed by atoms with E-state index in [1.165, 1.54) is 5.56 Å². The molecule has 0 aliphatic carbocycles. The van der Waals surface area contributed by atoms with E-state index in [0.717, 1.165) is 30.8 Å². The zero-order chi connectivity index (χ0) is 13.2. The number of fused-ring (bicyclic) bond motifs is 1. The van der Waals surface area contributed by atoms with Crippen molar-refractivity contribution in [1.29, 1.82) is 0 Å². The molecule has 0 unspecified atom stereocenters. The normalized spacial score (nSPS) is 16.4. The van der Waals surface area contributed by atoms with Gasteiger partial charge >= 0.3 is 0 Å². The average Bonchev–Trinajstić information content (AvgIpc) is 2.98. The molecule has 1 saturated heterocycles. The molecular formula is C14H18ClN3O2. The van der Waals surface area contributed by atoms with Crippen molar-refractivity contribution in [3.8, 4) is 0 Å². The molecule has 3 rings (SSSR count). The molecule has 5 nitrogen and oxygen atoms in total. The number of hydrogen-bond acceptors (Lipinski definition) is 3. The summed E-state index contributed by atoms with van der Waals surface area (Å²) < 4.78 is 0. The molecule has 2 heterocycles. The fourth-order valence-electron chi connectivity index (χ4n) is 2.63. The van der Waals surface area contributed by atoms with E-state index in [2.05, 4.69) is 10.6 Å². The van der Waals surface area contributed by atoms with Gasteiger partial charge in [0.05, 0.1) is 6.54 Å². The summed E-state index contributed by atoms with van der Waals surface area (Å²) >= 11 is 0. The van der Waals surface area contributed by atoms with Crippen LogP contribution in [0.3, 0.4) is 0 Å². The number of nitrogens with zero attached hydrogens (tertiary/aromatic N) is 1. The van der Waals surface area contributed by atoms with Crippen molar-refractivity contribution in [3.63, 3.8) is 0 Å². The number of likely N-dealkylation sites (tertiary alicyclic amines) is 1. The Hall–Kier alpha value is -1.75. The minimum atomic E-state index is -0.124. The molecular weight excluding hydrogens is 278 g/mol. The summed E-state index contributed by atoms with van der Waals surface area (Å²) in [4.78, 5) is 25.0. The summed E-state index contributed by atoms with van der Waals surface area (Å²) in [5, 5.41) is 6.14. The van der Waals surface area contributed by atoms with E-state index in [1.807, 2.05) is 18.2 Å². The average molecular weight is 296 g/mol. The Morgan fingerprint density at radius 1 is 1.35 bits per heavy atom. The van der Waals surface area contributed by atoms with Gasteiger partial charge in [-0.25, -0.2) is 0 Å². The summed E-state index contributed by atoms with van der Waals surface area (Å²) in [5.41, 5.74) is 3.18. The van der Waals surface area contributed by atoms with E-state index in [9.17, 15) is 9.59 Å². The van der Waals surface area contributed by atoms with Crippen molar-refractivity contribution >= 4 is 35.6 Å². The maximum absolute atomic E-state index is 11.9. The third-order valence-corrected chi connectivity index (χ3v) is 3.60. The van der Waals surface area contributed by atoms with Crippen molar-refractivity contribution < 1.29 is 9.59 Å². The Morgan fingerprint density at radius 3 is 2.95 bits per heavy atom. The lowest BCUT2D eigenvalue weighted by Gasteiger charge is -2.15. The number of carbonyl (C=O) groups excluding carboxylic acids is 2. The Bertz CT molecular complexity index is 533. The van der Waals surface area contributed by atoms with E-state index in [1.54, 1.807) is 4.90 Å². The Morgan fingerprint density at radius 2 is 2.20 bits per heavy atom. The molecule has 6 heteroatoms. The fraction of sp³-hybridized carbons (Fsp3) is 0.429. The highest BCUT2D eigenvalue weighted by molar-refractivity contribution is 5.95. The highest BCUT2D eigenvalue weighted by Crippen LogP contribution is 2.25. The summed E-state index contributed by atoms with van der Waals surface area (Å²) in [6.07, 6.45) is 2.41. The molecule has 1 fully saturated rings. The van der Waals surface area contributed by atoms with Gasteiger partial charge in [0.25, 0.3) is 0 Å². The summed E-state index contributed by atoms with van der Waals surface area (Å²) in [6, 6.07) is 5.87. The molecule has 108 valence electrons. The van der Waals surface area contributed by atoms with Crippen molar-refractivity contribution in [3.05, 3.63) is 23.8 Å². The Labute approximate surface area is 124 Å².